The number of rotatable bonds is 3. The molecule has 1 aliphatic rings. The van der Waals surface area contributed by atoms with Crippen molar-refractivity contribution in [2.75, 3.05) is 13.2 Å². The van der Waals surface area contributed by atoms with Crippen molar-refractivity contribution in [3.05, 3.63) is 84.3 Å². The molecule has 5 heteroatoms. The van der Waals surface area contributed by atoms with Crippen LogP contribution in [0.4, 0.5) is 0 Å². The number of aromatic nitrogens is 3. The first kappa shape index (κ1) is 16.0. The molecule has 2 aromatic carbocycles. The van der Waals surface area contributed by atoms with Crippen molar-refractivity contribution in [1.29, 1.82) is 0 Å². The van der Waals surface area contributed by atoms with Crippen LogP contribution in [-0.2, 0) is 13.1 Å². The molecule has 0 N–H and O–H groups in total. The minimum atomic E-state index is 0.701. The Labute approximate surface area is 157 Å². The first-order chi connectivity index (χ1) is 13.4. The second-order valence-electron chi connectivity index (χ2n) is 6.82. The molecule has 0 bridgehead atoms. The molecule has 0 unspecified atom stereocenters. The highest BCUT2D eigenvalue weighted by atomic mass is 16.5. The Hall–Kier alpha value is -3.18. The lowest BCUT2D eigenvalue weighted by atomic mass is 10.1. The molecule has 0 saturated heterocycles. The lowest BCUT2D eigenvalue weighted by Gasteiger charge is -2.19. The third kappa shape index (κ3) is 3.17. The second kappa shape index (κ2) is 6.85. The van der Waals surface area contributed by atoms with Crippen LogP contribution in [0.3, 0.4) is 0 Å². The summed E-state index contributed by atoms with van der Waals surface area (Å²) in [5, 5.41) is 4.51. The number of hydrogen-bond acceptors (Lipinski definition) is 4. The average Bonchev–Trinajstić information content (AvgIpc) is 3.02. The van der Waals surface area contributed by atoms with Gasteiger partial charge in [0.1, 0.15) is 12.4 Å². The fourth-order valence-electron chi connectivity index (χ4n) is 3.59. The summed E-state index contributed by atoms with van der Waals surface area (Å²) in [7, 11) is 0. The van der Waals surface area contributed by atoms with Gasteiger partial charge in [-0.25, -0.2) is 9.50 Å². The minimum Gasteiger partial charge on any atom is -0.492 e. The number of hydrogen-bond donors (Lipinski definition) is 0. The summed E-state index contributed by atoms with van der Waals surface area (Å²) in [4.78, 5) is 7.08. The van der Waals surface area contributed by atoms with Crippen molar-refractivity contribution in [3.8, 4) is 16.9 Å². The second-order valence-corrected chi connectivity index (χ2v) is 6.82. The number of nitrogens with zero attached hydrogens (tertiary/aromatic N) is 4. The first-order valence-electron chi connectivity index (χ1n) is 9.17. The highest BCUT2D eigenvalue weighted by Gasteiger charge is 2.16. The van der Waals surface area contributed by atoms with Crippen LogP contribution in [0, 0.1) is 0 Å². The van der Waals surface area contributed by atoms with E-state index >= 15 is 0 Å². The van der Waals surface area contributed by atoms with Crippen molar-refractivity contribution < 1.29 is 4.74 Å². The molecule has 0 saturated carbocycles. The van der Waals surface area contributed by atoms with E-state index in [2.05, 4.69) is 40.5 Å². The fourth-order valence-corrected chi connectivity index (χ4v) is 3.59. The molecule has 3 heterocycles. The lowest BCUT2D eigenvalue weighted by molar-refractivity contribution is 0.219. The average molecular weight is 356 g/mol. The van der Waals surface area contributed by atoms with Crippen LogP contribution in [0.2, 0.25) is 0 Å². The smallest absolute Gasteiger partial charge is 0.162 e. The Bertz CT molecular complexity index is 1070. The standard InChI is InChI=1S/C22H20N4O/c1-2-6-18(7-3-1)20-13-24-26-15-17(12-23-22(20)26)14-25-10-11-27-21-9-5-4-8-19(21)16-25/h1-9,12-13,15H,10-11,14,16H2. The summed E-state index contributed by atoms with van der Waals surface area (Å²) in [5.41, 5.74) is 5.45. The van der Waals surface area contributed by atoms with E-state index in [1.807, 2.05) is 47.2 Å². The van der Waals surface area contributed by atoms with Crippen LogP contribution in [0.15, 0.2) is 73.2 Å². The molecule has 27 heavy (non-hydrogen) atoms. The maximum atomic E-state index is 5.86. The largest absolute Gasteiger partial charge is 0.492 e. The van der Waals surface area contributed by atoms with Gasteiger partial charge in [-0.15, -0.1) is 0 Å². The van der Waals surface area contributed by atoms with E-state index in [1.165, 1.54) is 5.56 Å². The zero-order valence-corrected chi connectivity index (χ0v) is 15.0. The van der Waals surface area contributed by atoms with E-state index < -0.39 is 0 Å². The summed E-state index contributed by atoms with van der Waals surface area (Å²) in [6.07, 6.45) is 5.92. The van der Waals surface area contributed by atoms with E-state index in [1.54, 1.807) is 0 Å². The van der Waals surface area contributed by atoms with Crippen molar-refractivity contribution in [2.45, 2.75) is 13.1 Å². The number of ether oxygens (including phenoxy) is 1. The third-order valence-electron chi connectivity index (χ3n) is 4.93. The maximum absolute atomic E-state index is 5.86. The maximum Gasteiger partial charge on any atom is 0.162 e. The van der Waals surface area contributed by atoms with Gasteiger partial charge in [-0.3, -0.25) is 4.90 Å². The van der Waals surface area contributed by atoms with Crippen LogP contribution in [0.25, 0.3) is 16.8 Å². The van der Waals surface area contributed by atoms with Crippen molar-refractivity contribution in [1.82, 2.24) is 19.5 Å². The SMILES string of the molecule is c1ccc(-c2cnn3cc(CN4CCOc5ccccc5C4)cnc23)cc1. The quantitative estimate of drug-likeness (QED) is 0.560. The highest BCUT2D eigenvalue weighted by molar-refractivity contribution is 5.76. The molecule has 134 valence electrons. The topological polar surface area (TPSA) is 42.7 Å². The van der Waals surface area contributed by atoms with E-state index in [9.17, 15) is 0 Å². The highest BCUT2D eigenvalue weighted by Crippen LogP contribution is 2.25. The molecule has 2 aromatic heterocycles. The van der Waals surface area contributed by atoms with E-state index in [0.29, 0.717) is 6.61 Å². The van der Waals surface area contributed by atoms with Gasteiger partial charge in [0.15, 0.2) is 5.65 Å². The molecule has 0 aliphatic carbocycles. The summed E-state index contributed by atoms with van der Waals surface area (Å²) < 4.78 is 7.74. The monoisotopic (exact) mass is 356 g/mol. The van der Waals surface area contributed by atoms with E-state index in [0.717, 1.165) is 47.7 Å². The van der Waals surface area contributed by atoms with E-state index in [4.69, 9.17) is 9.72 Å². The Kier molecular flexibility index (Phi) is 4.07. The summed E-state index contributed by atoms with van der Waals surface area (Å²) in [5.74, 6) is 0.994. The van der Waals surface area contributed by atoms with Crippen LogP contribution >= 0.6 is 0 Å². The Morgan fingerprint density at radius 2 is 1.81 bits per heavy atom. The molecule has 4 aromatic rings. The van der Waals surface area contributed by atoms with Gasteiger partial charge >= 0.3 is 0 Å². The molecular weight excluding hydrogens is 336 g/mol. The molecular formula is C22H20N4O. The number of para-hydroxylation sites is 1. The summed E-state index contributed by atoms with van der Waals surface area (Å²) in [6.45, 7) is 3.29. The van der Waals surface area contributed by atoms with Gasteiger partial charge in [-0.05, 0) is 11.6 Å². The molecule has 0 atom stereocenters. The van der Waals surface area contributed by atoms with Crippen LogP contribution in [0.5, 0.6) is 5.75 Å². The van der Waals surface area contributed by atoms with Crippen LogP contribution in [0.1, 0.15) is 11.1 Å². The molecule has 5 rings (SSSR count). The van der Waals surface area contributed by atoms with E-state index in [-0.39, 0.29) is 0 Å². The molecule has 0 amide bonds. The first-order valence-corrected chi connectivity index (χ1v) is 9.17. The molecule has 0 fully saturated rings. The molecule has 0 spiro atoms. The van der Waals surface area contributed by atoms with Crippen LogP contribution in [-0.4, -0.2) is 32.6 Å². The Morgan fingerprint density at radius 3 is 2.74 bits per heavy atom. The lowest BCUT2D eigenvalue weighted by Crippen LogP contribution is -2.25. The van der Waals surface area contributed by atoms with Crippen molar-refractivity contribution >= 4 is 5.65 Å². The summed E-state index contributed by atoms with van der Waals surface area (Å²) >= 11 is 0. The van der Waals surface area contributed by atoms with Crippen LogP contribution < -0.4 is 4.74 Å². The third-order valence-corrected chi connectivity index (χ3v) is 4.93. The molecule has 0 radical (unpaired) electrons. The minimum absolute atomic E-state index is 0.701. The predicted octanol–water partition coefficient (Wildman–Crippen LogP) is 3.79. The Morgan fingerprint density at radius 1 is 0.963 bits per heavy atom. The normalized spacial score (nSPS) is 14.5. The zero-order valence-electron chi connectivity index (χ0n) is 15.0. The number of benzene rings is 2. The van der Waals surface area contributed by atoms with Gasteiger partial charge in [0.25, 0.3) is 0 Å². The van der Waals surface area contributed by atoms with Gasteiger partial charge in [-0.1, -0.05) is 48.5 Å². The molecule has 5 nitrogen and oxygen atoms in total. The zero-order chi connectivity index (χ0) is 18.1. The molecule has 1 aliphatic heterocycles. The van der Waals surface area contributed by atoms with Crippen molar-refractivity contribution in [3.63, 3.8) is 0 Å². The van der Waals surface area contributed by atoms with Gasteiger partial charge in [-0.2, -0.15) is 5.10 Å². The van der Waals surface area contributed by atoms with Gasteiger partial charge < -0.3 is 4.74 Å². The Balaban J connectivity index is 1.40. The summed E-state index contributed by atoms with van der Waals surface area (Å²) in [6, 6.07) is 18.5. The van der Waals surface area contributed by atoms with Gasteiger partial charge in [0.2, 0.25) is 0 Å². The number of fused-ring (bicyclic) bond motifs is 2. The van der Waals surface area contributed by atoms with Gasteiger partial charge in [0, 0.05) is 48.7 Å². The predicted molar refractivity (Wildman–Crippen MR) is 104 cm³/mol. The fraction of sp³-hybridized carbons (Fsp3) is 0.182. The van der Waals surface area contributed by atoms with Gasteiger partial charge in [0.05, 0.1) is 6.20 Å². The van der Waals surface area contributed by atoms with Crippen molar-refractivity contribution in [2.24, 2.45) is 0 Å².